The molecule has 9 heteroatoms. The zero-order chi connectivity index (χ0) is 19.8. The number of likely N-dealkylation sites (tertiary alicyclic amines) is 1. The molecule has 1 fully saturated rings. The van der Waals surface area contributed by atoms with Gasteiger partial charge in [-0.25, -0.2) is 9.78 Å². The molecule has 1 aromatic heterocycles. The van der Waals surface area contributed by atoms with Crippen molar-refractivity contribution in [2.75, 3.05) is 13.1 Å². The number of rotatable bonds is 2. The number of halogens is 3. The van der Waals surface area contributed by atoms with Crippen LogP contribution in [0, 0.1) is 0 Å². The minimum atomic E-state index is -4.38. The van der Waals surface area contributed by atoms with E-state index in [9.17, 15) is 18.0 Å². The number of ether oxygens (including phenoxy) is 2. The van der Waals surface area contributed by atoms with Crippen molar-refractivity contribution in [1.82, 2.24) is 9.88 Å². The zero-order valence-electron chi connectivity index (χ0n) is 15.3. The highest BCUT2D eigenvalue weighted by Crippen LogP contribution is 2.35. The second kappa shape index (κ2) is 7.18. The van der Waals surface area contributed by atoms with Crippen molar-refractivity contribution in [3.63, 3.8) is 0 Å². The molecule has 2 aromatic rings. The molecule has 1 aliphatic rings. The molecule has 3 rings (SSSR count). The van der Waals surface area contributed by atoms with Gasteiger partial charge in [0, 0.05) is 25.9 Å². The third-order valence-corrected chi connectivity index (χ3v) is 4.97. The summed E-state index contributed by atoms with van der Waals surface area (Å²) in [5.74, 6) is 0. The first-order valence-corrected chi connectivity index (χ1v) is 9.45. The summed E-state index contributed by atoms with van der Waals surface area (Å²) in [4.78, 5) is 18.0. The minimum absolute atomic E-state index is 0.133. The number of hydrogen-bond acceptors (Lipinski definition) is 5. The zero-order valence-corrected chi connectivity index (χ0v) is 16.1. The summed E-state index contributed by atoms with van der Waals surface area (Å²) in [6.07, 6.45) is -3.63. The molecule has 0 bridgehead atoms. The molecule has 1 saturated heterocycles. The predicted molar refractivity (Wildman–Crippen MR) is 96.1 cm³/mol. The van der Waals surface area contributed by atoms with Gasteiger partial charge >= 0.3 is 12.3 Å². The van der Waals surface area contributed by atoms with Crippen LogP contribution in [0.15, 0.2) is 18.2 Å². The number of benzene rings is 1. The topological polar surface area (TPSA) is 51.7 Å². The molecular formula is C18H21F3N2O3S. The summed E-state index contributed by atoms with van der Waals surface area (Å²) in [6, 6.07) is 3.46. The van der Waals surface area contributed by atoms with Gasteiger partial charge in [0.05, 0.1) is 15.8 Å². The lowest BCUT2D eigenvalue weighted by Gasteiger charge is -2.33. The van der Waals surface area contributed by atoms with E-state index in [0.29, 0.717) is 41.3 Å². The van der Waals surface area contributed by atoms with Crippen LogP contribution in [0.5, 0.6) is 5.19 Å². The van der Waals surface area contributed by atoms with E-state index >= 15 is 0 Å². The Bertz CT molecular complexity index is 821. The smallest absolute Gasteiger partial charge is 0.416 e. The van der Waals surface area contributed by atoms with Gasteiger partial charge in [-0.15, -0.1) is 0 Å². The fraction of sp³-hybridized carbons (Fsp3) is 0.556. The fourth-order valence-corrected chi connectivity index (χ4v) is 3.68. The van der Waals surface area contributed by atoms with Crippen molar-refractivity contribution < 1.29 is 27.4 Å². The molecule has 0 spiro atoms. The molecule has 1 aliphatic heterocycles. The van der Waals surface area contributed by atoms with Gasteiger partial charge in [0.2, 0.25) is 0 Å². The SMILES string of the molecule is CC(C)(C)OC(=O)N1CCC(Oc2nc3ccc(C(F)(F)F)cc3s2)CC1. The summed E-state index contributed by atoms with van der Waals surface area (Å²) < 4.78 is 50.1. The summed E-state index contributed by atoms with van der Waals surface area (Å²) in [5.41, 5.74) is -0.759. The third-order valence-electron chi connectivity index (χ3n) is 4.06. The molecule has 0 saturated carbocycles. The standard InChI is InChI=1S/C18H21F3N2O3S/c1-17(2,3)26-16(24)23-8-6-12(7-9-23)25-15-22-13-5-4-11(18(19,20)21)10-14(13)27-15/h4-5,10,12H,6-9H2,1-3H3. The van der Waals surface area contributed by atoms with E-state index in [2.05, 4.69) is 4.98 Å². The number of alkyl halides is 3. The quantitative estimate of drug-likeness (QED) is 0.702. The molecule has 0 atom stereocenters. The molecule has 1 aromatic carbocycles. The maximum absolute atomic E-state index is 12.8. The van der Waals surface area contributed by atoms with E-state index < -0.39 is 17.3 Å². The molecule has 1 amide bonds. The second-order valence-corrected chi connectivity index (χ2v) is 8.44. The Kier molecular flexibility index (Phi) is 5.24. The highest BCUT2D eigenvalue weighted by atomic mass is 32.1. The molecule has 0 aliphatic carbocycles. The lowest BCUT2D eigenvalue weighted by atomic mass is 10.1. The maximum atomic E-state index is 12.8. The van der Waals surface area contributed by atoms with E-state index in [0.717, 1.165) is 23.5 Å². The Morgan fingerprint density at radius 2 is 1.89 bits per heavy atom. The number of aromatic nitrogens is 1. The average molecular weight is 402 g/mol. The third kappa shape index (κ3) is 5.03. The van der Waals surface area contributed by atoms with Crippen molar-refractivity contribution in [3.8, 4) is 5.19 Å². The van der Waals surface area contributed by atoms with Crippen LogP contribution in [-0.4, -0.2) is 40.8 Å². The molecule has 27 heavy (non-hydrogen) atoms. The summed E-state index contributed by atoms with van der Waals surface area (Å²) >= 11 is 1.10. The average Bonchev–Trinajstić information content (AvgIpc) is 2.94. The van der Waals surface area contributed by atoms with Gasteiger partial charge < -0.3 is 14.4 Å². The molecule has 5 nitrogen and oxygen atoms in total. The summed E-state index contributed by atoms with van der Waals surface area (Å²) in [7, 11) is 0. The van der Waals surface area contributed by atoms with Crippen molar-refractivity contribution in [1.29, 1.82) is 0 Å². The van der Waals surface area contributed by atoms with E-state index in [1.807, 2.05) is 20.8 Å². The van der Waals surface area contributed by atoms with Crippen LogP contribution in [0.25, 0.3) is 10.2 Å². The fourth-order valence-electron chi connectivity index (χ4n) is 2.76. The first-order valence-electron chi connectivity index (χ1n) is 8.64. The molecule has 148 valence electrons. The number of thiazole rings is 1. The number of amides is 1. The van der Waals surface area contributed by atoms with Gasteiger partial charge in [-0.3, -0.25) is 0 Å². The second-order valence-electron chi connectivity index (χ2n) is 7.44. The molecule has 2 heterocycles. The van der Waals surface area contributed by atoms with Gasteiger partial charge in [-0.2, -0.15) is 13.2 Å². The van der Waals surface area contributed by atoms with E-state index in [1.54, 1.807) is 4.90 Å². The van der Waals surface area contributed by atoms with Crippen LogP contribution in [0.2, 0.25) is 0 Å². The lowest BCUT2D eigenvalue weighted by Crippen LogP contribution is -2.44. The van der Waals surface area contributed by atoms with Gasteiger partial charge in [-0.05, 0) is 39.0 Å². The van der Waals surface area contributed by atoms with E-state index in [-0.39, 0.29) is 12.2 Å². The largest absolute Gasteiger partial charge is 0.467 e. The molecule has 0 N–H and O–H groups in total. The van der Waals surface area contributed by atoms with Crippen molar-refractivity contribution in [2.45, 2.75) is 51.5 Å². The number of piperidine rings is 1. The van der Waals surface area contributed by atoms with Crippen molar-refractivity contribution >= 4 is 27.6 Å². The lowest BCUT2D eigenvalue weighted by molar-refractivity contribution is -0.137. The summed E-state index contributed by atoms with van der Waals surface area (Å²) in [5, 5.41) is 0.347. The van der Waals surface area contributed by atoms with Crippen LogP contribution < -0.4 is 4.74 Å². The van der Waals surface area contributed by atoms with Crippen molar-refractivity contribution in [3.05, 3.63) is 23.8 Å². The van der Waals surface area contributed by atoms with Gasteiger partial charge in [0.1, 0.15) is 11.7 Å². The van der Waals surface area contributed by atoms with Gasteiger partial charge in [0.15, 0.2) is 0 Å². The van der Waals surface area contributed by atoms with Gasteiger partial charge in [-0.1, -0.05) is 11.3 Å². The number of carbonyl (C=O) groups excluding carboxylic acids is 1. The van der Waals surface area contributed by atoms with Crippen LogP contribution in [0.3, 0.4) is 0 Å². The highest BCUT2D eigenvalue weighted by Gasteiger charge is 2.31. The highest BCUT2D eigenvalue weighted by molar-refractivity contribution is 7.20. The first-order chi connectivity index (χ1) is 12.5. The van der Waals surface area contributed by atoms with Crippen LogP contribution in [0.4, 0.5) is 18.0 Å². The Morgan fingerprint density at radius 1 is 1.22 bits per heavy atom. The molecular weight excluding hydrogens is 381 g/mol. The predicted octanol–water partition coefficient (Wildman–Crippen LogP) is 5.09. The molecule has 0 radical (unpaired) electrons. The molecule has 0 unspecified atom stereocenters. The Labute approximate surface area is 159 Å². The Morgan fingerprint density at radius 3 is 2.48 bits per heavy atom. The normalized spacial score (nSPS) is 16.6. The number of fused-ring (bicyclic) bond motifs is 1. The van der Waals surface area contributed by atoms with Gasteiger partial charge in [0.25, 0.3) is 5.19 Å². The number of nitrogens with zero attached hydrogens (tertiary/aromatic N) is 2. The van der Waals surface area contributed by atoms with Crippen LogP contribution >= 0.6 is 11.3 Å². The maximum Gasteiger partial charge on any atom is 0.416 e. The van der Waals surface area contributed by atoms with E-state index in [4.69, 9.17) is 9.47 Å². The summed E-state index contributed by atoms with van der Waals surface area (Å²) in [6.45, 7) is 6.46. The first kappa shape index (κ1) is 19.7. The van der Waals surface area contributed by atoms with E-state index in [1.165, 1.54) is 6.07 Å². The monoisotopic (exact) mass is 402 g/mol. The van der Waals surface area contributed by atoms with Crippen LogP contribution in [0.1, 0.15) is 39.2 Å². The van der Waals surface area contributed by atoms with Crippen molar-refractivity contribution in [2.24, 2.45) is 0 Å². The Hall–Kier alpha value is -2.03. The Balaban J connectivity index is 1.60. The number of hydrogen-bond donors (Lipinski definition) is 0. The number of carbonyl (C=O) groups is 1. The van der Waals surface area contributed by atoms with Crippen LogP contribution in [-0.2, 0) is 10.9 Å². The minimum Gasteiger partial charge on any atom is -0.467 e.